The minimum atomic E-state index is -0.0247. The second-order valence-corrected chi connectivity index (χ2v) is 7.79. The average Bonchev–Trinajstić information content (AvgIpc) is 3.02. The van der Waals surface area contributed by atoms with Crippen molar-refractivity contribution in [1.82, 2.24) is 4.98 Å². The van der Waals surface area contributed by atoms with Crippen LogP contribution in [0.2, 0.25) is 0 Å². The van der Waals surface area contributed by atoms with Gasteiger partial charge in [-0.1, -0.05) is 64.0 Å². The first-order valence-electron chi connectivity index (χ1n) is 9.60. The van der Waals surface area contributed by atoms with Gasteiger partial charge in [0, 0.05) is 0 Å². The third-order valence-electron chi connectivity index (χ3n) is 4.61. The molecule has 0 spiro atoms. The lowest BCUT2D eigenvalue weighted by atomic mass is 10.0. The van der Waals surface area contributed by atoms with E-state index in [1.54, 1.807) is 11.3 Å². The van der Waals surface area contributed by atoms with Crippen LogP contribution in [0.25, 0.3) is 10.2 Å². The van der Waals surface area contributed by atoms with Crippen LogP contribution in [0.3, 0.4) is 0 Å². The standard InChI is InChI=1S/C20H33N3S.ClH/c1-2-3-4-5-6-7-8-9-11-16-12-10-13-18-19(16)23-20(24-18)17(22)14-15-21;/h10,12-13,17H,2-9,11,14-15,21-22H2,1H3;1H. The quantitative estimate of drug-likeness (QED) is 0.458. The summed E-state index contributed by atoms with van der Waals surface area (Å²) in [6.45, 7) is 2.88. The average molecular weight is 384 g/mol. The molecule has 25 heavy (non-hydrogen) atoms. The highest BCUT2D eigenvalue weighted by Crippen LogP contribution is 2.29. The number of para-hydroxylation sites is 1. The van der Waals surface area contributed by atoms with Crippen LogP contribution in [0.4, 0.5) is 0 Å². The van der Waals surface area contributed by atoms with Gasteiger partial charge >= 0.3 is 0 Å². The van der Waals surface area contributed by atoms with Gasteiger partial charge in [0.1, 0.15) is 5.01 Å². The van der Waals surface area contributed by atoms with Crippen molar-refractivity contribution in [1.29, 1.82) is 0 Å². The summed E-state index contributed by atoms with van der Waals surface area (Å²) < 4.78 is 1.26. The lowest BCUT2D eigenvalue weighted by Crippen LogP contribution is -2.14. The van der Waals surface area contributed by atoms with Crippen molar-refractivity contribution >= 4 is 34.0 Å². The van der Waals surface area contributed by atoms with Crippen molar-refractivity contribution in [3.63, 3.8) is 0 Å². The molecule has 0 aliphatic carbocycles. The summed E-state index contributed by atoms with van der Waals surface area (Å²) in [5, 5.41) is 1.03. The Morgan fingerprint density at radius 1 is 1.04 bits per heavy atom. The summed E-state index contributed by atoms with van der Waals surface area (Å²) in [6, 6.07) is 6.51. The number of nitrogens with two attached hydrogens (primary N) is 2. The smallest absolute Gasteiger partial charge is 0.111 e. The van der Waals surface area contributed by atoms with E-state index in [1.807, 2.05) is 0 Å². The van der Waals surface area contributed by atoms with Crippen LogP contribution in [0.15, 0.2) is 18.2 Å². The maximum absolute atomic E-state index is 6.18. The number of nitrogens with zero attached hydrogens (tertiary/aromatic N) is 1. The predicted octanol–water partition coefficient (Wildman–Crippen LogP) is 5.75. The van der Waals surface area contributed by atoms with Crippen molar-refractivity contribution in [2.75, 3.05) is 6.54 Å². The van der Waals surface area contributed by atoms with Gasteiger partial charge < -0.3 is 11.5 Å². The van der Waals surface area contributed by atoms with E-state index in [0.29, 0.717) is 6.54 Å². The normalized spacial score (nSPS) is 12.3. The Morgan fingerprint density at radius 3 is 2.40 bits per heavy atom. The molecule has 3 nitrogen and oxygen atoms in total. The van der Waals surface area contributed by atoms with Crippen LogP contribution in [0.1, 0.15) is 81.3 Å². The Labute approximate surface area is 163 Å². The molecular weight excluding hydrogens is 350 g/mol. The van der Waals surface area contributed by atoms with E-state index in [4.69, 9.17) is 16.5 Å². The molecule has 0 fully saturated rings. The van der Waals surface area contributed by atoms with Crippen molar-refractivity contribution in [3.05, 3.63) is 28.8 Å². The van der Waals surface area contributed by atoms with Crippen molar-refractivity contribution in [2.45, 2.75) is 77.2 Å². The van der Waals surface area contributed by atoms with Crippen LogP contribution >= 0.6 is 23.7 Å². The Hall–Kier alpha value is -0.680. The summed E-state index contributed by atoms with van der Waals surface area (Å²) in [5.74, 6) is 0. The molecule has 2 aromatic rings. The number of benzene rings is 1. The lowest BCUT2D eigenvalue weighted by Gasteiger charge is -2.05. The van der Waals surface area contributed by atoms with E-state index < -0.39 is 0 Å². The van der Waals surface area contributed by atoms with E-state index in [0.717, 1.165) is 23.4 Å². The first-order valence-corrected chi connectivity index (χ1v) is 10.4. The molecule has 0 radical (unpaired) electrons. The summed E-state index contributed by atoms with van der Waals surface area (Å²) in [7, 11) is 0. The summed E-state index contributed by atoms with van der Waals surface area (Å²) in [5.41, 5.74) is 14.3. The molecule has 4 N–H and O–H groups in total. The van der Waals surface area contributed by atoms with Gasteiger partial charge in [0.05, 0.1) is 16.3 Å². The van der Waals surface area contributed by atoms with E-state index in [1.165, 1.54) is 61.6 Å². The molecule has 142 valence electrons. The number of thiazole rings is 1. The fourth-order valence-corrected chi connectivity index (χ4v) is 4.19. The fourth-order valence-electron chi connectivity index (χ4n) is 3.14. The number of hydrogen-bond acceptors (Lipinski definition) is 4. The van der Waals surface area contributed by atoms with Crippen LogP contribution in [0.5, 0.6) is 0 Å². The number of aromatic nitrogens is 1. The maximum atomic E-state index is 6.18. The number of fused-ring (bicyclic) bond motifs is 1. The van der Waals surface area contributed by atoms with E-state index in [9.17, 15) is 0 Å². The summed E-state index contributed by atoms with van der Waals surface area (Å²) in [6.07, 6.45) is 12.8. The van der Waals surface area contributed by atoms with Crippen molar-refractivity contribution < 1.29 is 0 Å². The van der Waals surface area contributed by atoms with Crippen LogP contribution in [0, 0.1) is 0 Å². The molecule has 0 amide bonds. The van der Waals surface area contributed by atoms with Gasteiger partial charge in [-0.15, -0.1) is 23.7 Å². The number of rotatable bonds is 12. The van der Waals surface area contributed by atoms with Crippen molar-refractivity contribution in [3.8, 4) is 0 Å². The number of hydrogen-bond donors (Lipinski definition) is 2. The van der Waals surface area contributed by atoms with Gasteiger partial charge in [0.2, 0.25) is 0 Å². The van der Waals surface area contributed by atoms with Crippen LogP contribution in [-0.4, -0.2) is 11.5 Å². The Balaban J connectivity index is 0.00000312. The third kappa shape index (κ3) is 7.22. The van der Waals surface area contributed by atoms with E-state index in [-0.39, 0.29) is 18.4 Å². The fraction of sp³-hybridized carbons (Fsp3) is 0.650. The topological polar surface area (TPSA) is 64.9 Å². The highest BCUT2D eigenvalue weighted by molar-refractivity contribution is 7.18. The highest BCUT2D eigenvalue weighted by atomic mass is 35.5. The Bertz CT molecular complexity index is 600. The number of halogens is 1. The van der Waals surface area contributed by atoms with Gasteiger partial charge in [0.25, 0.3) is 0 Å². The molecule has 1 heterocycles. The molecule has 5 heteroatoms. The van der Waals surface area contributed by atoms with Gasteiger partial charge in [-0.2, -0.15) is 0 Å². The zero-order valence-corrected chi connectivity index (χ0v) is 17.1. The zero-order chi connectivity index (χ0) is 17.2. The van der Waals surface area contributed by atoms with Gasteiger partial charge in [-0.05, 0) is 37.4 Å². The molecule has 1 atom stereocenters. The van der Waals surface area contributed by atoms with Crippen LogP contribution < -0.4 is 11.5 Å². The molecule has 2 rings (SSSR count). The number of unbranched alkanes of at least 4 members (excludes halogenated alkanes) is 7. The first-order chi connectivity index (χ1) is 11.8. The summed E-state index contributed by atoms with van der Waals surface area (Å²) >= 11 is 1.72. The maximum Gasteiger partial charge on any atom is 0.111 e. The van der Waals surface area contributed by atoms with E-state index in [2.05, 4.69) is 25.1 Å². The lowest BCUT2D eigenvalue weighted by molar-refractivity contribution is 0.576. The molecule has 0 aliphatic rings. The second-order valence-electron chi connectivity index (χ2n) is 6.72. The Morgan fingerprint density at radius 2 is 1.72 bits per heavy atom. The SMILES string of the molecule is CCCCCCCCCCc1cccc2sc(C(N)CCN)nc12.Cl. The highest BCUT2D eigenvalue weighted by Gasteiger charge is 2.13. The minimum Gasteiger partial charge on any atom is -0.330 e. The van der Waals surface area contributed by atoms with Crippen LogP contribution in [-0.2, 0) is 6.42 Å². The molecule has 1 aromatic heterocycles. The first kappa shape index (κ1) is 22.4. The molecule has 0 aliphatic heterocycles. The predicted molar refractivity (Wildman–Crippen MR) is 114 cm³/mol. The number of aryl methyl sites for hydroxylation is 1. The molecule has 0 bridgehead atoms. The molecule has 1 aromatic carbocycles. The molecule has 0 saturated heterocycles. The van der Waals surface area contributed by atoms with Crippen molar-refractivity contribution in [2.24, 2.45) is 11.5 Å². The minimum absolute atomic E-state index is 0. The molecule has 1 unspecified atom stereocenters. The van der Waals surface area contributed by atoms with Gasteiger partial charge in [-0.25, -0.2) is 4.98 Å². The van der Waals surface area contributed by atoms with Gasteiger partial charge in [0.15, 0.2) is 0 Å². The molecular formula is C20H34ClN3S. The zero-order valence-electron chi connectivity index (χ0n) is 15.5. The summed E-state index contributed by atoms with van der Waals surface area (Å²) in [4.78, 5) is 4.82. The largest absolute Gasteiger partial charge is 0.330 e. The second kappa shape index (κ2) is 12.6. The van der Waals surface area contributed by atoms with Gasteiger partial charge in [-0.3, -0.25) is 0 Å². The molecule has 0 saturated carbocycles. The Kier molecular flexibility index (Phi) is 11.3. The van der Waals surface area contributed by atoms with E-state index >= 15 is 0 Å². The monoisotopic (exact) mass is 383 g/mol. The third-order valence-corrected chi connectivity index (χ3v) is 5.77.